The number of hydrogen-bond donors (Lipinski definition) is 8. The molecule has 0 saturated carbocycles. The molecule has 12 aromatic rings. The lowest BCUT2D eigenvalue weighted by Crippen LogP contribution is -2.34. The quantitative estimate of drug-likeness (QED) is 0.0143. The number of fused-ring (bicyclic) bond motifs is 8. The van der Waals surface area contributed by atoms with Gasteiger partial charge in [0.05, 0.1) is 22.7 Å². The number of nitrogens with one attached hydrogen (secondary N) is 4. The molecule has 13 rings (SSSR count). The van der Waals surface area contributed by atoms with E-state index in [-0.39, 0.29) is 48.7 Å². The van der Waals surface area contributed by atoms with Gasteiger partial charge in [-0.05, 0) is 213 Å². The summed E-state index contributed by atoms with van der Waals surface area (Å²) in [5, 5.41) is 66.8. The van der Waals surface area contributed by atoms with Crippen LogP contribution in [0.15, 0.2) is 244 Å². The lowest BCUT2D eigenvalue weighted by molar-refractivity contribution is -0.687. The van der Waals surface area contributed by atoms with Crippen LogP contribution in [0, 0.1) is 0 Å². The van der Waals surface area contributed by atoms with Crippen LogP contribution < -0.4 is 39.5 Å². The molecule has 1 aliphatic carbocycles. The second kappa shape index (κ2) is 39.6. The van der Waals surface area contributed by atoms with E-state index in [0.717, 1.165) is 70.7 Å². The van der Waals surface area contributed by atoms with Gasteiger partial charge in [0.25, 0.3) is 0 Å². The molecular weight excluding hydrogens is 1380 g/mol. The molecule has 4 heterocycles. The van der Waals surface area contributed by atoms with Crippen LogP contribution in [0.1, 0.15) is 216 Å². The van der Waals surface area contributed by atoms with Gasteiger partial charge in [0.1, 0.15) is 23.0 Å². The van der Waals surface area contributed by atoms with Crippen molar-refractivity contribution in [2.75, 3.05) is 21.3 Å². The number of anilines is 4. The van der Waals surface area contributed by atoms with E-state index in [0.29, 0.717) is 96.9 Å². The SMILES string of the molecule is CCCCCc1ccc(CNc2ccc[n+](Cc3cc4c(O)c(c3)Cc3cc(C[n+]5cccc(NCc6ccc(CCCCC)cc6)c5)cc(c3O)Cc3cc(C[n+]5cccc(NCc6ccc(CCCCC)cc6)c5)cc(c3O)Cc3cc(C[n+]5cccc(NCc6ccc(CCCCC)cc6)c5)cc(c3O)C4)c2)cc1. The lowest BCUT2D eigenvalue weighted by atomic mass is 9.88. The van der Waals surface area contributed by atoms with Crippen LogP contribution in [0.5, 0.6) is 23.0 Å². The largest absolute Gasteiger partial charge is 0.507 e. The third-order valence-electron chi connectivity index (χ3n) is 22.1. The first-order valence-electron chi connectivity index (χ1n) is 41.4. The molecule has 12 heteroatoms. The molecule has 0 radical (unpaired) electrons. The van der Waals surface area contributed by atoms with E-state index in [1.807, 2.05) is 0 Å². The van der Waals surface area contributed by atoms with Gasteiger partial charge in [-0.1, -0.05) is 176 Å². The van der Waals surface area contributed by atoms with E-state index < -0.39 is 0 Å². The maximum absolute atomic E-state index is 13.0. The number of nitrogens with zero attached hydrogens (tertiary/aromatic N) is 4. The van der Waals surface area contributed by atoms with Gasteiger partial charge in [-0.3, -0.25) is 0 Å². The summed E-state index contributed by atoms with van der Waals surface area (Å²) in [6.45, 7) is 13.6. The molecule has 576 valence electrons. The summed E-state index contributed by atoms with van der Waals surface area (Å²) in [6.07, 6.45) is 36.6. The Morgan fingerprint density at radius 2 is 0.429 bits per heavy atom. The number of pyridine rings is 4. The van der Waals surface area contributed by atoms with Crippen molar-refractivity contribution < 1.29 is 38.7 Å². The predicted octanol–water partition coefficient (Wildman–Crippen LogP) is 19.9. The minimum absolute atomic E-state index is 0.111. The maximum Gasteiger partial charge on any atom is 0.192 e. The van der Waals surface area contributed by atoms with Gasteiger partial charge in [0.15, 0.2) is 75.8 Å². The highest BCUT2D eigenvalue weighted by molar-refractivity contribution is 5.58. The summed E-state index contributed by atoms with van der Waals surface area (Å²) in [6, 6.07) is 69.2. The second-order valence-electron chi connectivity index (χ2n) is 31.3. The first-order chi connectivity index (χ1) is 54.8. The number of phenols is 4. The van der Waals surface area contributed by atoms with Crippen LogP contribution in [-0.2, 0) is 104 Å². The van der Waals surface area contributed by atoms with Crippen molar-refractivity contribution >= 4 is 22.7 Å². The highest BCUT2D eigenvalue weighted by atomic mass is 16.3. The number of aromatic nitrogens is 4. The van der Waals surface area contributed by atoms with Crippen molar-refractivity contribution in [3.05, 3.63) is 355 Å². The monoisotopic (exact) mass is 1490 g/mol. The summed E-state index contributed by atoms with van der Waals surface area (Å²) >= 11 is 0. The highest BCUT2D eigenvalue weighted by Crippen LogP contribution is 2.40. The van der Waals surface area contributed by atoms with Crippen LogP contribution in [0.2, 0.25) is 0 Å². The molecule has 8 aromatic carbocycles. The van der Waals surface area contributed by atoms with Gasteiger partial charge in [-0.25, -0.2) is 0 Å². The van der Waals surface area contributed by atoms with Gasteiger partial charge < -0.3 is 41.7 Å². The molecule has 1 aliphatic rings. The van der Waals surface area contributed by atoms with E-state index in [2.05, 4.69) is 311 Å². The van der Waals surface area contributed by atoms with Crippen molar-refractivity contribution in [1.29, 1.82) is 0 Å². The average molecular weight is 1490 g/mol. The Kier molecular flexibility index (Phi) is 27.9. The zero-order valence-corrected chi connectivity index (χ0v) is 66.5. The van der Waals surface area contributed by atoms with Crippen LogP contribution in [0.3, 0.4) is 0 Å². The van der Waals surface area contributed by atoms with E-state index in [1.54, 1.807) is 0 Å². The van der Waals surface area contributed by atoms with Crippen molar-refractivity contribution in [3.63, 3.8) is 0 Å². The first-order valence-corrected chi connectivity index (χ1v) is 41.4. The first kappa shape index (κ1) is 78.9. The molecule has 0 saturated heterocycles. The van der Waals surface area contributed by atoms with Gasteiger partial charge in [0.2, 0.25) is 0 Å². The number of benzene rings is 8. The molecule has 0 unspecified atom stereocenters. The Bertz CT molecular complexity index is 4330. The Labute approximate surface area is 665 Å². The van der Waals surface area contributed by atoms with Crippen LogP contribution in [0.4, 0.5) is 22.7 Å². The lowest BCUT2D eigenvalue weighted by Gasteiger charge is -2.19. The summed E-state index contributed by atoms with van der Waals surface area (Å²) in [4.78, 5) is 0. The molecule has 0 spiro atoms. The minimum atomic E-state index is 0.111. The standard InChI is InChI=1S/C100H112N8O4/c1-5-9-13-21-73-29-37-77(38-30-73)61-101-93-25-17-45-105(69-93)65-81-49-85-57-87-51-82(66-106-46-18-26-94(70-106)102-62-78-39-31-74(32-40-78)22-14-10-6-2)53-89(98(87)110)59-91-55-84(68-108-48-20-28-96(72-108)104-64-80-43-35-76(36-44-80)24-16-12-8-4)56-92(100(91)112)60-90-54-83(52-88(99(90)111)58-86(50-81)97(85)109)67-107-47-19-27-95(71-107)103-63-79-41-33-75(34-42-79)23-15-11-7-3/h17-20,25-56,69-72,101-104H,5-16,21-24,57-68H2,1-4H3/p+4. The fraction of sp³-hybridized carbons (Fsp3) is 0.320. The fourth-order valence-corrected chi connectivity index (χ4v) is 15.8. The number of aryl methyl sites for hydroxylation is 4. The zero-order chi connectivity index (χ0) is 77.4. The Morgan fingerprint density at radius 3 is 0.616 bits per heavy atom. The van der Waals surface area contributed by atoms with Gasteiger partial charge in [-0.15, -0.1) is 0 Å². The number of aromatic hydroxyl groups is 4. The Balaban J connectivity index is 0.862. The normalized spacial score (nSPS) is 11.9. The summed E-state index contributed by atoms with van der Waals surface area (Å²) in [5.74, 6) is 0.444. The molecule has 8 bridgehead atoms. The summed E-state index contributed by atoms with van der Waals surface area (Å²) < 4.78 is 8.68. The third-order valence-corrected chi connectivity index (χ3v) is 22.1. The highest BCUT2D eigenvalue weighted by Gasteiger charge is 2.25. The molecule has 4 aromatic heterocycles. The van der Waals surface area contributed by atoms with Crippen molar-refractivity contribution in [3.8, 4) is 23.0 Å². The van der Waals surface area contributed by atoms with Gasteiger partial charge in [0, 0.05) is 98.4 Å². The van der Waals surface area contributed by atoms with E-state index in [4.69, 9.17) is 0 Å². The van der Waals surface area contributed by atoms with Crippen molar-refractivity contribution in [2.45, 2.75) is 208 Å². The van der Waals surface area contributed by atoms with Crippen molar-refractivity contribution in [1.82, 2.24) is 0 Å². The molecular formula is C100H116N8O4+4. The zero-order valence-electron chi connectivity index (χ0n) is 66.5. The number of unbranched alkanes of at least 4 members (excludes halogenated alkanes) is 8. The van der Waals surface area contributed by atoms with E-state index in [9.17, 15) is 20.4 Å². The third kappa shape index (κ3) is 22.5. The molecule has 12 nitrogen and oxygen atoms in total. The molecule has 0 amide bonds. The topological polar surface area (TPSA) is 145 Å². The fourth-order valence-electron chi connectivity index (χ4n) is 15.8. The Hall–Kier alpha value is -11.2. The smallest absolute Gasteiger partial charge is 0.192 e. The number of phenolic OH excluding ortho intramolecular Hbond substituents is 4. The molecule has 0 fully saturated rings. The maximum atomic E-state index is 13.0. The van der Waals surface area contributed by atoms with E-state index in [1.165, 1.54) is 122 Å². The van der Waals surface area contributed by atoms with Crippen LogP contribution >= 0.6 is 0 Å². The number of rotatable bonds is 36. The average Bonchev–Trinajstić information content (AvgIpc) is 0.777. The molecule has 112 heavy (non-hydrogen) atoms. The summed E-state index contributed by atoms with van der Waals surface area (Å²) in [5.41, 5.74) is 23.3. The number of hydrogen-bond acceptors (Lipinski definition) is 8. The van der Waals surface area contributed by atoms with Crippen LogP contribution in [-0.4, -0.2) is 20.4 Å². The molecule has 8 N–H and O–H groups in total. The van der Waals surface area contributed by atoms with Gasteiger partial charge in [-0.2, -0.15) is 18.3 Å². The molecule has 0 atom stereocenters. The summed E-state index contributed by atoms with van der Waals surface area (Å²) in [7, 11) is 0. The van der Waals surface area contributed by atoms with E-state index >= 15 is 0 Å². The van der Waals surface area contributed by atoms with Crippen LogP contribution in [0.25, 0.3) is 0 Å². The Morgan fingerprint density at radius 1 is 0.241 bits per heavy atom. The van der Waals surface area contributed by atoms with Crippen molar-refractivity contribution in [2.24, 2.45) is 0 Å². The second-order valence-corrected chi connectivity index (χ2v) is 31.3. The van der Waals surface area contributed by atoms with Gasteiger partial charge >= 0.3 is 0 Å². The predicted molar refractivity (Wildman–Crippen MR) is 455 cm³/mol. The molecule has 0 aliphatic heterocycles. The minimum Gasteiger partial charge on any atom is -0.507 e.